The summed E-state index contributed by atoms with van der Waals surface area (Å²) in [5.74, 6) is 0. The normalized spacial score (nSPS) is 11.0. The Bertz CT molecular complexity index is 1270. The summed E-state index contributed by atoms with van der Waals surface area (Å²) >= 11 is 1.53. The van der Waals surface area contributed by atoms with Crippen LogP contribution in [0.25, 0.3) is 16.3 Å². The van der Waals surface area contributed by atoms with E-state index in [0.29, 0.717) is 11.3 Å². The third kappa shape index (κ3) is 4.31. The van der Waals surface area contributed by atoms with Crippen LogP contribution in [0, 0.1) is 20.2 Å². The van der Waals surface area contributed by atoms with Crippen molar-refractivity contribution in [3.8, 4) is 16.3 Å². The maximum atomic E-state index is 11.3. The van der Waals surface area contributed by atoms with Crippen LogP contribution in [-0.2, 0) is 0 Å². The number of rotatable bonds is 7. The Morgan fingerprint density at radius 3 is 2.52 bits per heavy atom. The molecule has 0 amide bonds. The lowest BCUT2D eigenvalue weighted by atomic mass is 10.2. The SMILES string of the molecule is O=[N+]([O-])c1ccc(NN=Cc2cn(-c3ccccc3)nc2-c2cccs2)c([N+](=O)[O-])c1. The fraction of sp³-hybridized carbons (Fsp3) is 0. The van der Waals surface area contributed by atoms with E-state index < -0.39 is 15.5 Å². The first-order valence-corrected chi connectivity index (χ1v) is 9.82. The van der Waals surface area contributed by atoms with Crippen molar-refractivity contribution in [3.63, 3.8) is 0 Å². The summed E-state index contributed by atoms with van der Waals surface area (Å²) in [5.41, 5.74) is 4.12. The first-order valence-electron chi connectivity index (χ1n) is 8.94. The number of nitrogens with zero attached hydrogens (tertiary/aromatic N) is 5. The van der Waals surface area contributed by atoms with E-state index in [0.717, 1.165) is 16.6 Å². The Kier molecular flexibility index (Phi) is 5.49. The Hall–Kier alpha value is -4.38. The molecule has 0 unspecified atom stereocenters. The van der Waals surface area contributed by atoms with E-state index in [1.165, 1.54) is 29.7 Å². The molecule has 0 atom stereocenters. The molecule has 4 rings (SSSR count). The van der Waals surface area contributed by atoms with Gasteiger partial charge < -0.3 is 0 Å². The molecule has 0 saturated carbocycles. The third-order valence-corrected chi connectivity index (χ3v) is 5.17. The molecule has 0 aliphatic carbocycles. The number of anilines is 1. The predicted molar refractivity (Wildman–Crippen MR) is 118 cm³/mol. The summed E-state index contributed by atoms with van der Waals surface area (Å²) < 4.78 is 1.73. The smallest absolute Gasteiger partial charge is 0.272 e. The van der Waals surface area contributed by atoms with Crippen LogP contribution in [0.15, 0.2) is 77.3 Å². The van der Waals surface area contributed by atoms with Crippen LogP contribution >= 0.6 is 11.3 Å². The van der Waals surface area contributed by atoms with Crippen molar-refractivity contribution >= 4 is 34.6 Å². The number of hydrazone groups is 1. The number of benzene rings is 2. The Labute approximate surface area is 179 Å². The van der Waals surface area contributed by atoms with Gasteiger partial charge in [0, 0.05) is 17.8 Å². The molecule has 11 heteroatoms. The zero-order valence-electron chi connectivity index (χ0n) is 15.8. The highest BCUT2D eigenvalue weighted by Gasteiger charge is 2.19. The average Bonchev–Trinajstić information content (AvgIpc) is 3.44. The van der Waals surface area contributed by atoms with Gasteiger partial charge in [0.1, 0.15) is 11.4 Å². The van der Waals surface area contributed by atoms with E-state index in [9.17, 15) is 20.2 Å². The molecule has 0 radical (unpaired) electrons. The van der Waals surface area contributed by atoms with Gasteiger partial charge in [0.15, 0.2) is 0 Å². The molecule has 0 aliphatic heterocycles. The monoisotopic (exact) mass is 434 g/mol. The fourth-order valence-electron chi connectivity index (χ4n) is 2.85. The van der Waals surface area contributed by atoms with Crippen LogP contribution in [0.5, 0.6) is 0 Å². The first kappa shape index (κ1) is 19.9. The predicted octanol–water partition coefficient (Wildman–Crippen LogP) is 4.86. The van der Waals surface area contributed by atoms with Crippen molar-refractivity contribution in [2.24, 2.45) is 5.10 Å². The summed E-state index contributed by atoms with van der Waals surface area (Å²) in [5, 5.41) is 32.9. The molecule has 4 aromatic rings. The largest absolute Gasteiger partial charge is 0.301 e. The lowest BCUT2D eigenvalue weighted by Crippen LogP contribution is -1.98. The van der Waals surface area contributed by atoms with Gasteiger partial charge in [-0.3, -0.25) is 25.7 Å². The molecule has 2 heterocycles. The van der Waals surface area contributed by atoms with Crippen LogP contribution in [-0.4, -0.2) is 25.8 Å². The summed E-state index contributed by atoms with van der Waals surface area (Å²) in [4.78, 5) is 21.7. The van der Waals surface area contributed by atoms with Gasteiger partial charge in [0.2, 0.25) is 0 Å². The summed E-state index contributed by atoms with van der Waals surface area (Å²) in [7, 11) is 0. The van der Waals surface area contributed by atoms with Gasteiger partial charge in [-0.15, -0.1) is 11.3 Å². The van der Waals surface area contributed by atoms with Gasteiger partial charge >= 0.3 is 5.69 Å². The highest BCUT2D eigenvalue weighted by atomic mass is 32.1. The maximum Gasteiger partial charge on any atom is 0.301 e. The summed E-state index contributed by atoms with van der Waals surface area (Å²) in [6.07, 6.45) is 3.31. The molecule has 0 aliphatic rings. The van der Waals surface area contributed by atoms with Crippen LogP contribution in [0.1, 0.15) is 5.56 Å². The van der Waals surface area contributed by atoms with E-state index in [1.54, 1.807) is 10.9 Å². The lowest BCUT2D eigenvalue weighted by molar-refractivity contribution is -0.393. The van der Waals surface area contributed by atoms with Gasteiger partial charge in [0.25, 0.3) is 5.69 Å². The van der Waals surface area contributed by atoms with Crippen molar-refractivity contribution in [2.45, 2.75) is 0 Å². The lowest BCUT2D eigenvalue weighted by Gasteiger charge is -2.01. The molecule has 31 heavy (non-hydrogen) atoms. The minimum absolute atomic E-state index is 0.0416. The fourth-order valence-corrected chi connectivity index (χ4v) is 3.58. The number of nitro groups is 2. The molecule has 0 fully saturated rings. The molecule has 154 valence electrons. The van der Waals surface area contributed by atoms with E-state index >= 15 is 0 Å². The molecule has 0 spiro atoms. The minimum atomic E-state index is -0.699. The number of nitrogens with one attached hydrogen (secondary N) is 1. The zero-order chi connectivity index (χ0) is 21.8. The van der Waals surface area contributed by atoms with Gasteiger partial charge in [-0.05, 0) is 29.6 Å². The number of aromatic nitrogens is 2. The number of nitro benzene ring substituents is 2. The Morgan fingerprint density at radius 1 is 1.03 bits per heavy atom. The van der Waals surface area contributed by atoms with Crippen molar-refractivity contribution < 1.29 is 9.85 Å². The Balaban J connectivity index is 1.66. The number of non-ortho nitro benzene ring substituents is 1. The molecule has 2 aromatic heterocycles. The second-order valence-corrected chi connectivity index (χ2v) is 7.22. The highest BCUT2D eigenvalue weighted by molar-refractivity contribution is 7.13. The first-order chi connectivity index (χ1) is 15.0. The highest BCUT2D eigenvalue weighted by Crippen LogP contribution is 2.29. The summed E-state index contributed by atoms with van der Waals surface area (Å²) in [6.45, 7) is 0. The third-order valence-electron chi connectivity index (χ3n) is 4.30. The molecule has 1 N–H and O–H groups in total. The van der Waals surface area contributed by atoms with Gasteiger partial charge in [-0.2, -0.15) is 10.2 Å². The quantitative estimate of drug-likeness (QED) is 0.251. The maximum absolute atomic E-state index is 11.3. The molecule has 10 nitrogen and oxygen atoms in total. The molecule has 0 bridgehead atoms. The second-order valence-electron chi connectivity index (χ2n) is 6.28. The number of thiophene rings is 1. The van der Waals surface area contributed by atoms with Crippen LogP contribution < -0.4 is 5.43 Å². The van der Waals surface area contributed by atoms with Gasteiger partial charge in [-0.1, -0.05) is 24.3 Å². The topological polar surface area (TPSA) is 128 Å². The van der Waals surface area contributed by atoms with Crippen molar-refractivity contribution in [3.05, 3.63) is 98.0 Å². The molecular weight excluding hydrogens is 420 g/mol. The zero-order valence-corrected chi connectivity index (χ0v) is 16.6. The van der Waals surface area contributed by atoms with Crippen molar-refractivity contribution in [1.82, 2.24) is 9.78 Å². The van der Waals surface area contributed by atoms with Gasteiger partial charge in [0.05, 0.1) is 32.7 Å². The average molecular weight is 434 g/mol. The second kappa shape index (κ2) is 8.55. The van der Waals surface area contributed by atoms with Crippen molar-refractivity contribution in [2.75, 3.05) is 5.43 Å². The van der Waals surface area contributed by atoms with E-state index in [2.05, 4.69) is 15.6 Å². The van der Waals surface area contributed by atoms with E-state index in [1.807, 2.05) is 47.8 Å². The van der Waals surface area contributed by atoms with Crippen LogP contribution in [0.4, 0.5) is 17.1 Å². The van der Waals surface area contributed by atoms with E-state index in [4.69, 9.17) is 0 Å². The van der Waals surface area contributed by atoms with Gasteiger partial charge in [-0.25, -0.2) is 4.68 Å². The molecular formula is C20H14N6O4S. The molecule has 2 aromatic carbocycles. The van der Waals surface area contributed by atoms with Crippen LogP contribution in [0.2, 0.25) is 0 Å². The summed E-state index contributed by atoms with van der Waals surface area (Å²) in [6, 6.07) is 16.7. The Morgan fingerprint density at radius 2 is 1.84 bits per heavy atom. The van der Waals surface area contributed by atoms with Crippen LogP contribution in [0.3, 0.4) is 0 Å². The number of hydrogen-bond donors (Lipinski definition) is 1. The number of hydrogen-bond acceptors (Lipinski definition) is 8. The van der Waals surface area contributed by atoms with E-state index in [-0.39, 0.29) is 11.4 Å². The minimum Gasteiger partial charge on any atom is -0.272 e. The van der Waals surface area contributed by atoms with Crippen molar-refractivity contribution in [1.29, 1.82) is 0 Å². The standard InChI is InChI=1S/C20H14N6O4S/c27-25(28)16-8-9-17(18(11-16)26(29)30)22-21-12-14-13-24(15-5-2-1-3-6-15)23-20(14)19-7-4-10-31-19/h1-13,22H. The number of para-hydroxylation sites is 1. The molecule has 0 saturated heterocycles.